The molecule has 0 aliphatic carbocycles. The summed E-state index contributed by atoms with van der Waals surface area (Å²) in [5.74, 6) is 0. The molecule has 4 heteroatoms. The van der Waals surface area contributed by atoms with Gasteiger partial charge in [-0.3, -0.25) is 5.32 Å². The largest absolute Gasteiger partial charge is 0.453 e. The van der Waals surface area contributed by atoms with Crippen LogP contribution in [0.3, 0.4) is 0 Å². The quantitative estimate of drug-likeness (QED) is 0.880. The summed E-state index contributed by atoms with van der Waals surface area (Å²) < 4.78 is 4.52. The smallest absolute Gasteiger partial charge is 0.411 e. The highest BCUT2D eigenvalue weighted by Crippen LogP contribution is 2.23. The SMILES string of the molecule is COC(=O)Nc1ccc(-c2ccc(Cl)cc2)cc1. The second-order valence-corrected chi connectivity index (χ2v) is 4.14. The van der Waals surface area contributed by atoms with Crippen molar-refractivity contribution in [3.63, 3.8) is 0 Å². The summed E-state index contributed by atoms with van der Waals surface area (Å²) in [5.41, 5.74) is 2.82. The third kappa shape index (κ3) is 3.02. The van der Waals surface area contributed by atoms with E-state index >= 15 is 0 Å². The van der Waals surface area contributed by atoms with Crippen LogP contribution in [-0.2, 0) is 4.74 Å². The molecule has 0 saturated heterocycles. The van der Waals surface area contributed by atoms with E-state index in [9.17, 15) is 4.79 Å². The van der Waals surface area contributed by atoms with E-state index in [-0.39, 0.29) is 0 Å². The second kappa shape index (κ2) is 5.56. The predicted octanol–water partition coefficient (Wildman–Crippen LogP) is 4.19. The lowest BCUT2D eigenvalue weighted by molar-refractivity contribution is 0.187. The molecule has 0 spiro atoms. The maximum absolute atomic E-state index is 11.0. The number of hydrogen-bond acceptors (Lipinski definition) is 2. The fourth-order valence-electron chi connectivity index (χ4n) is 1.56. The van der Waals surface area contributed by atoms with Crippen molar-refractivity contribution in [2.24, 2.45) is 0 Å². The van der Waals surface area contributed by atoms with Crippen molar-refractivity contribution in [3.8, 4) is 11.1 Å². The number of amides is 1. The molecule has 0 atom stereocenters. The third-order valence-electron chi connectivity index (χ3n) is 2.49. The molecule has 2 aromatic carbocycles. The molecule has 1 N–H and O–H groups in total. The Morgan fingerprint density at radius 1 is 1.00 bits per heavy atom. The molecule has 0 aliphatic rings. The molecule has 0 aliphatic heterocycles. The minimum Gasteiger partial charge on any atom is -0.453 e. The van der Waals surface area contributed by atoms with Gasteiger partial charge in [0.15, 0.2) is 0 Å². The summed E-state index contributed by atoms with van der Waals surface area (Å²) in [6.45, 7) is 0. The van der Waals surface area contributed by atoms with Crippen molar-refractivity contribution in [3.05, 3.63) is 53.6 Å². The Balaban J connectivity index is 2.17. The summed E-state index contributed by atoms with van der Waals surface area (Å²) in [6, 6.07) is 15.1. The van der Waals surface area contributed by atoms with E-state index in [1.165, 1.54) is 7.11 Å². The summed E-state index contributed by atoms with van der Waals surface area (Å²) in [7, 11) is 1.33. The second-order valence-electron chi connectivity index (χ2n) is 3.70. The highest BCUT2D eigenvalue weighted by Gasteiger charge is 2.01. The van der Waals surface area contributed by atoms with Crippen LogP contribution < -0.4 is 5.32 Å². The van der Waals surface area contributed by atoms with Crippen molar-refractivity contribution in [2.75, 3.05) is 12.4 Å². The Kier molecular flexibility index (Phi) is 3.85. The molecule has 0 radical (unpaired) electrons. The molecule has 0 aromatic heterocycles. The number of carbonyl (C=O) groups excluding carboxylic acids is 1. The van der Waals surface area contributed by atoms with E-state index in [0.29, 0.717) is 10.7 Å². The van der Waals surface area contributed by atoms with Gasteiger partial charge in [-0.15, -0.1) is 0 Å². The fourth-order valence-corrected chi connectivity index (χ4v) is 1.68. The number of methoxy groups -OCH3 is 1. The lowest BCUT2D eigenvalue weighted by Crippen LogP contribution is -2.10. The molecule has 92 valence electrons. The van der Waals surface area contributed by atoms with Crippen LogP contribution >= 0.6 is 11.6 Å². The first-order valence-electron chi connectivity index (χ1n) is 5.40. The summed E-state index contributed by atoms with van der Waals surface area (Å²) >= 11 is 5.84. The van der Waals surface area contributed by atoms with Gasteiger partial charge in [0, 0.05) is 10.7 Å². The summed E-state index contributed by atoms with van der Waals surface area (Å²) in [4.78, 5) is 11.0. The van der Waals surface area contributed by atoms with Crippen molar-refractivity contribution in [2.45, 2.75) is 0 Å². The van der Waals surface area contributed by atoms with Crippen molar-refractivity contribution in [1.82, 2.24) is 0 Å². The Morgan fingerprint density at radius 2 is 1.50 bits per heavy atom. The van der Waals surface area contributed by atoms with Crippen LogP contribution in [0.5, 0.6) is 0 Å². The fraction of sp³-hybridized carbons (Fsp3) is 0.0714. The topological polar surface area (TPSA) is 38.3 Å². The number of benzene rings is 2. The van der Waals surface area contributed by atoms with Crippen LogP contribution in [0.15, 0.2) is 48.5 Å². The average molecular weight is 262 g/mol. The summed E-state index contributed by atoms with van der Waals surface area (Å²) in [6.07, 6.45) is -0.478. The number of ether oxygens (including phenoxy) is 1. The van der Waals surface area contributed by atoms with E-state index in [1.54, 1.807) is 0 Å². The first-order valence-corrected chi connectivity index (χ1v) is 5.78. The molecular weight excluding hydrogens is 250 g/mol. The number of rotatable bonds is 2. The summed E-state index contributed by atoms with van der Waals surface area (Å²) in [5, 5.41) is 3.31. The van der Waals surface area contributed by atoms with Gasteiger partial charge in [0.05, 0.1) is 7.11 Å². The molecule has 0 fully saturated rings. The Bertz CT molecular complexity index is 535. The average Bonchev–Trinajstić information content (AvgIpc) is 2.40. The van der Waals surface area contributed by atoms with E-state index in [1.807, 2.05) is 48.5 Å². The van der Waals surface area contributed by atoms with Gasteiger partial charge >= 0.3 is 6.09 Å². The molecule has 2 rings (SSSR count). The van der Waals surface area contributed by atoms with Crippen LogP contribution in [0, 0.1) is 0 Å². The molecule has 1 amide bonds. The Morgan fingerprint density at radius 3 is 2.00 bits per heavy atom. The van der Waals surface area contributed by atoms with Crippen LogP contribution in [0.2, 0.25) is 5.02 Å². The van der Waals surface area contributed by atoms with E-state index in [2.05, 4.69) is 10.1 Å². The van der Waals surface area contributed by atoms with E-state index in [4.69, 9.17) is 11.6 Å². The number of hydrogen-bond donors (Lipinski definition) is 1. The molecule has 0 heterocycles. The van der Waals surface area contributed by atoms with Gasteiger partial charge in [-0.05, 0) is 35.4 Å². The Hall–Kier alpha value is -2.00. The lowest BCUT2D eigenvalue weighted by Gasteiger charge is -2.05. The molecular formula is C14H12ClNO2. The van der Waals surface area contributed by atoms with Crippen LogP contribution in [0.1, 0.15) is 0 Å². The van der Waals surface area contributed by atoms with Gasteiger partial charge in [-0.2, -0.15) is 0 Å². The first kappa shape index (κ1) is 12.5. The van der Waals surface area contributed by atoms with Gasteiger partial charge in [-0.25, -0.2) is 4.79 Å². The van der Waals surface area contributed by atoms with Crippen molar-refractivity contribution < 1.29 is 9.53 Å². The maximum Gasteiger partial charge on any atom is 0.411 e. The van der Waals surface area contributed by atoms with E-state index in [0.717, 1.165) is 11.1 Å². The minimum atomic E-state index is -0.478. The Labute approximate surface area is 110 Å². The molecule has 0 unspecified atom stereocenters. The van der Waals surface area contributed by atoms with Crippen LogP contribution in [0.25, 0.3) is 11.1 Å². The monoisotopic (exact) mass is 261 g/mol. The predicted molar refractivity (Wildman–Crippen MR) is 72.9 cm³/mol. The molecule has 18 heavy (non-hydrogen) atoms. The highest BCUT2D eigenvalue weighted by atomic mass is 35.5. The molecule has 3 nitrogen and oxygen atoms in total. The molecule has 2 aromatic rings. The zero-order valence-corrected chi connectivity index (χ0v) is 10.6. The van der Waals surface area contributed by atoms with Crippen molar-refractivity contribution in [1.29, 1.82) is 0 Å². The first-order chi connectivity index (χ1) is 8.69. The molecule has 0 saturated carbocycles. The zero-order valence-electron chi connectivity index (χ0n) is 9.81. The molecule has 0 bridgehead atoms. The minimum absolute atomic E-state index is 0.478. The van der Waals surface area contributed by atoms with Gasteiger partial charge in [-0.1, -0.05) is 35.9 Å². The van der Waals surface area contributed by atoms with Crippen LogP contribution in [-0.4, -0.2) is 13.2 Å². The van der Waals surface area contributed by atoms with Gasteiger partial charge in [0.2, 0.25) is 0 Å². The zero-order chi connectivity index (χ0) is 13.0. The maximum atomic E-state index is 11.0. The number of carbonyl (C=O) groups is 1. The normalized spacial score (nSPS) is 9.89. The van der Waals surface area contributed by atoms with Crippen LogP contribution in [0.4, 0.5) is 10.5 Å². The van der Waals surface area contributed by atoms with E-state index < -0.39 is 6.09 Å². The number of anilines is 1. The highest BCUT2D eigenvalue weighted by molar-refractivity contribution is 6.30. The standard InChI is InChI=1S/C14H12ClNO2/c1-18-14(17)16-13-8-4-11(5-9-13)10-2-6-12(15)7-3-10/h2-9H,1H3,(H,16,17). The number of nitrogens with one attached hydrogen (secondary N) is 1. The lowest BCUT2D eigenvalue weighted by atomic mass is 10.1. The third-order valence-corrected chi connectivity index (χ3v) is 2.75. The van der Waals surface area contributed by atoms with Gasteiger partial charge in [0.1, 0.15) is 0 Å². The van der Waals surface area contributed by atoms with Crippen molar-refractivity contribution >= 4 is 23.4 Å². The van der Waals surface area contributed by atoms with Gasteiger partial charge < -0.3 is 4.74 Å². The van der Waals surface area contributed by atoms with Gasteiger partial charge in [0.25, 0.3) is 0 Å². The number of halogens is 1.